The van der Waals surface area contributed by atoms with Crippen LogP contribution in [0.4, 0.5) is 4.39 Å². The second-order valence-corrected chi connectivity index (χ2v) is 4.40. The summed E-state index contributed by atoms with van der Waals surface area (Å²) in [5, 5.41) is 23.0. The number of hydrogen-bond donors (Lipinski definition) is 2. The summed E-state index contributed by atoms with van der Waals surface area (Å²) >= 11 is 0. The van der Waals surface area contributed by atoms with Crippen LogP contribution < -0.4 is 10.4 Å². The van der Waals surface area contributed by atoms with Gasteiger partial charge in [-0.05, 0) is 43.7 Å². The van der Waals surface area contributed by atoms with E-state index in [0.717, 1.165) is 6.07 Å². The molecule has 1 aromatic heterocycles. The first-order valence-electron chi connectivity index (χ1n) is 6.02. The van der Waals surface area contributed by atoms with Crippen LogP contribution in [0, 0.1) is 12.7 Å². The first-order chi connectivity index (χ1) is 9.90. The summed E-state index contributed by atoms with van der Waals surface area (Å²) in [6, 6.07) is 6.39. The predicted molar refractivity (Wildman–Crippen MR) is 73.5 cm³/mol. The lowest BCUT2D eigenvalue weighted by atomic mass is 10.1. The highest BCUT2D eigenvalue weighted by Crippen LogP contribution is 2.19. The molecule has 0 spiro atoms. The Kier molecular flexibility index (Phi) is 3.93. The van der Waals surface area contributed by atoms with Crippen LogP contribution >= 0.6 is 0 Å². The summed E-state index contributed by atoms with van der Waals surface area (Å²) in [4.78, 5) is 16.4. The Bertz CT molecular complexity index is 751. The number of aromatic hydroxyl groups is 1. The molecule has 7 heteroatoms. The van der Waals surface area contributed by atoms with E-state index in [0.29, 0.717) is 11.3 Å². The van der Waals surface area contributed by atoms with Crippen molar-refractivity contribution >= 4 is 5.71 Å². The minimum absolute atomic E-state index is 0.124. The van der Waals surface area contributed by atoms with Gasteiger partial charge in [-0.3, -0.25) is 4.79 Å². The van der Waals surface area contributed by atoms with Crippen molar-refractivity contribution in [3.8, 4) is 11.6 Å². The van der Waals surface area contributed by atoms with Crippen LogP contribution in [0.1, 0.15) is 18.1 Å². The van der Waals surface area contributed by atoms with E-state index in [4.69, 9.17) is 4.84 Å². The van der Waals surface area contributed by atoms with Gasteiger partial charge in [0.15, 0.2) is 5.75 Å². The zero-order valence-corrected chi connectivity index (χ0v) is 11.4. The molecule has 2 aromatic rings. The molecule has 0 aliphatic carbocycles. The van der Waals surface area contributed by atoms with Crippen molar-refractivity contribution in [2.75, 3.05) is 0 Å². The summed E-state index contributed by atoms with van der Waals surface area (Å²) in [5.74, 6) is -0.710. The van der Waals surface area contributed by atoms with E-state index in [1.807, 2.05) is 0 Å². The van der Waals surface area contributed by atoms with E-state index in [2.05, 4.69) is 5.16 Å². The SMILES string of the molecule is CC(=NOc1ccc(F)cc1)c1c(C)cc(=O)n(O)c1O. The molecule has 0 bridgehead atoms. The molecule has 0 saturated carbocycles. The van der Waals surface area contributed by atoms with Crippen molar-refractivity contribution in [3.63, 3.8) is 0 Å². The minimum atomic E-state index is -0.749. The Morgan fingerprint density at radius 3 is 2.57 bits per heavy atom. The van der Waals surface area contributed by atoms with Crippen LogP contribution in [0.2, 0.25) is 0 Å². The molecule has 110 valence electrons. The summed E-state index contributed by atoms with van der Waals surface area (Å²) in [6.07, 6.45) is 0. The van der Waals surface area contributed by atoms with Gasteiger partial charge in [0.2, 0.25) is 5.88 Å². The van der Waals surface area contributed by atoms with E-state index in [-0.39, 0.29) is 16.0 Å². The predicted octanol–water partition coefficient (Wildman–Crippen LogP) is 2.04. The van der Waals surface area contributed by atoms with E-state index in [1.165, 1.54) is 31.2 Å². The van der Waals surface area contributed by atoms with Crippen LogP contribution in [0.3, 0.4) is 0 Å². The van der Waals surface area contributed by atoms with Crippen molar-refractivity contribution in [1.82, 2.24) is 4.73 Å². The van der Waals surface area contributed by atoms with Gasteiger partial charge in [0.25, 0.3) is 5.56 Å². The summed E-state index contributed by atoms with van der Waals surface area (Å²) in [7, 11) is 0. The first-order valence-corrected chi connectivity index (χ1v) is 6.02. The molecule has 6 nitrogen and oxygen atoms in total. The molecular weight excluding hydrogens is 279 g/mol. The van der Waals surface area contributed by atoms with Gasteiger partial charge in [-0.2, -0.15) is 0 Å². The Hall–Kier alpha value is -2.83. The lowest BCUT2D eigenvalue weighted by Crippen LogP contribution is -2.20. The van der Waals surface area contributed by atoms with Gasteiger partial charge in [-0.25, -0.2) is 4.39 Å². The molecule has 0 amide bonds. The van der Waals surface area contributed by atoms with Gasteiger partial charge >= 0.3 is 0 Å². The number of hydrogen-bond acceptors (Lipinski definition) is 5. The third-order valence-electron chi connectivity index (χ3n) is 2.83. The second-order valence-electron chi connectivity index (χ2n) is 4.40. The van der Waals surface area contributed by atoms with Crippen molar-refractivity contribution < 1.29 is 19.5 Å². The summed E-state index contributed by atoms with van der Waals surface area (Å²) in [6.45, 7) is 3.13. The summed E-state index contributed by atoms with van der Waals surface area (Å²) < 4.78 is 12.9. The molecule has 0 aliphatic rings. The lowest BCUT2D eigenvalue weighted by Gasteiger charge is -2.09. The lowest BCUT2D eigenvalue weighted by molar-refractivity contribution is 0.143. The fourth-order valence-corrected chi connectivity index (χ4v) is 1.81. The van der Waals surface area contributed by atoms with Crippen LogP contribution in [0.15, 0.2) is 40.3 Å². The second kappa shape index (κ2) is 5.66. The molecule has 1 heterocycles. The quantitative estimate of drug-likeness (QED) is 0.515. The van der Waals surface area contributed by atoms with E-state index < -0.39 is 17.3 Å². The number of benzene rings is 1. The molecule has 0 atom stereocenters. The zero-order valence-electron chi connectivity index (χ0n) is 11.4. The highest BCUT2D eigenvalue weighted by molar-refractivity contribution is 6.01. The molecule has 0 fully saturated rings. The number of oxime groups is 1. The van der Waals surface area contributed by atoms with E-state index >= 15 is 0 Å². The van der Waals surface area contributed by atoms with E-state index in [1.54, 1.807) is 6.92 Å². The highest BCUT2D eigenvalue weighted by Gasteiger charge is 2.15. The maximum absolute atomic E-state index is 12.8. The Morgan fingerprint density at radius 1 is 1.33 bits per heavy atom. The average Bonchev–Trinajstić information content (AvgIpc) is 2.44. The fraction of sp³-hybridized carbons (Fsp3) is 0.143. The maximum atomic E-state index is 12.8. The number of rotatable bonds is 3. The molecule has 1 aromatic carbocycles. The Labute approximate surface area is 119 Å². The van der Waals surface area contributed by atoms with Gasteiger partial charge in [-0.1, -0.05) is 5.16 Å². The van der Waals surface area contributed by atoms with Crippen molar-refractivity contribution in [3.05, 3.63) is 57.6 Å². The molecule has 2 N–H and O–H groups in total. The van der Waals surface area contributed by atoms with Gasteiger partial charge in [0.1, 0.15) is 5.82 Å². The van der Waals surface area contributed by atoms with Crippen LogP contribution in [0.25, 0.3) is 0 Å². The largest absolute Gasteiger partial charge is 0.492 e. The van der Waals surface area contributed by atoms with E-state index in [9.17, 15) is 19.5 Å². The molecular formula is C14H13FN2O4. The Balaban J connectivity index is 2.34. The minimum Gasteiger partial charge on any atom is -0.492 e. The third-order valence-corrected chi connectivity index (χ3v) is 2.83. The first kappa shape index (κ1) is 14.6. The summed E-state index contributed by atoms with van der Waals surface area (Å²) in [5.41, 5.74) is 0.115. The maximum Gasteiger partial charge on any atom is 0.286 e. The number of aromatic nitrogens is 1. The number of halogens is 1. The molecule has 0 aliphatic heterocycles. The van der Waals surface area contributed by atoms with Gasteiger partial charge in [0.05, 0.1) is 11.3 Å². The van der Waals surface area contributed by atoms with Crippen molar-refractivity contribution in [1.29, 1.82) is 0 Å². The molecule has 0 unspecified atom stereocenters. The van der Waals surface area contributed by atoms with Gasteiger partial charge in [0, 0.05) is 6.07 Å². The third kappa shape index (κ3) is 3.02. The van der Waals surface area contributed by atoms with Crippen molar-refractivity contribution in [2.45, 2.75) is 13.8 Å². The number of aryl methyl sites for hydroxylation is 1. The van der Waals surface area contributed by atoms with Crippen molar-refractivity contribution in [2.24, 2.45) is 5.16 Å². The van der Waals surface area contributed by atoms with Gasteiger partial charge < -0.3 is 15.2 Å². The van der Waals surface area contributed by atoms with Crippen LogP contribution in [0.5, 0.6) is 11.6 Å². The van der Waals surface area contributed by atoms with Crippen LogP contribution in [-0.2, 0) is 0 Å². The number of nitrogens with zero attached hydrogens (tertiary/aromatic N) is 2. The topological polar surface area (TPSA) is 84.0 Å². The Morgan fingerprint density at radius 2 is 1.95 bits per heavy atom. The van der Waals surface area contributed by atoms with Crippen LogP contribution in [-0.4, -0.2) is 20.8 Å². The smallest absolute Gasteiger partial charge is 0.286 e. The average molecular weight is 292 g/mol. The zero-order chi connectivity index (χ0) is 15.6. The number of pyridine rings is 1. The molecule has 0 saturated heterocycles. The highest BCUT2D eigenvalue weighted by atomic mass is 19.1. The molecule has 0 radical (unpaired) electrons. The molecule has 21 heavy (non-hydrogen) atoms. The fourth-order valence-electron chi connectivity index (χ4n) is 1.81. The van der Waals surface area contributed by atoms with Gasteiger partial charge in [-0.15, -0.1) is 4.73 Å². The standard InChI is InChI=1S/C14H13FN2O4/c1-8-7-12(18)17(20)14(19)13(8)9(2)16-21-11-5-3-10(15)4-6-11/h3-7,19-20H,1-2H3. The normalized spacial score (nSPS) is 11.5. The molecule has 2 rings (SSSR count). The monoisotopic (exact) mass is 292 g/mol.